The minimum Gasteiger partial charge on any atom is -0.496 e. The van der Waals surface area contributed by atoms with Gasteiger partial charge in [-0.05, 0) is 37.6 Å². The molecular formula is C20H19NO7. The molecule has 1 N–H and O–H groups in total. The number of nitrogens with one attached hydrogen (secondary N) is 1. The highest BCUT2D eigenvalue weighted by molar-refractivity contribution is 6.05. The molecule has 1 aliphatic rings. The Hall–Kier alpha value is -3.55. The molecule has 0 radical (unpaired) electrons. The van der Waals surface area contributed by atoms with Gasteiger partial charge in [0.25, 0.3) is 5.91 Å². The standard InChI is InChI=1S/C20H19NO7/c1-11-4-5-13(6-16(11)25-3)20(24)26-9-19(23)21-15-8-18-17(27-10-28-18)7-14(15)12(2)22/h4-8H,9-10H2,1-3H3,(H,21,23). The highest BCUT2D eigenvalue weighted by Gasteiger charge is 2.21. The van der Waals surface area contributed by atoms with E-state index in [0.29, 0.717) is 17.2 Å². The summed E-state index contributed by atoms with van der Waals surface area (Å²) >= 11 is 0. The molecule has 0 saturated heterocycles. The third kappa shape index (κ3) is 4.06. The van der Waals surface area contributed by atoms with Gasteiger partial charge in [-0.1, -0.05) is 6.07 Å². The Morgan fingerprint density at radius 2 is 1.82 bits per heavy atom. The smallest absolute Gasteiger partial charge is 0.338 e. The van der Waals surface area contributed by atoms with Gasteiger partial charge in [0.05, 0.1) is 18.4 Å². The van der Waals surface area contributed by atoms with Crippen LogP contribution in [-0.4, -0.2) is 38.2 Å². The Kier molecular flexibility index (Phi) is 5.49. The summed E-state index contributed by atoms with van der Waals surface area (Å²) in [6.07, 6.45) is 0. The summed E-state index contributed by atoms with van der Waals surface area (Å²) in [5.41, 5.74) is 1.67. The van der Waals surface area contributed by atoms with E-state index in [1.165, 1.54) is 26.2 Å². The van der Waals surface area contributed by atoms with Gasteiger partial charge in [0.15, 0.2) is 23.9 Å². The van der Waals surface area contributed by atoms with Gasteiger partial charge in [-0.2, -0.15) is 0 Å². The number of carbonyl (C=O) groups is 3. The van der Waals surface area contributed by atoms with Crippen molar-refractivity contribution in [2.75, 3.05) is 25.8 Å². The van der Waals surface area contributed by atoms with Crippen LogP contribution in [-0.2, 0) is 9.53 Å². The summed E-state index contributed by atoms with van der Waals surface area (Å²) < 4.78 is 20.7. The lowest BCUT2D eigenvalue weighted by Crippen LogP contribution is -2.22. The van der Waals surface area contributed by atoms with Crippen molar-refractivity contribution in [2.24, 2.45) is 0 Å². The van der Waals surface area contributed by atoms with Crippen LogP contribution in [0.2, 0.25) is 0 Å². The quantitative estimate of drug-likeness (QED) is 0.603. The first kappa shape index (κ1) is 19.2. The maximum absolute atomic E-state index is 12.2. The average molecular weight is 385 g/mol. The minimum atomic E-state index is -0.661. The van der Waals surface area contributed by atoms with Crippen LogP contribution in [0.1, 0.15) is 33.2 Å². The second-order valence-electron chi connectivity index (χ2n) is 6.12. The topological polar surface area (TPSA) is 100 Å². The molecule has 3 rings (SSSR count). The number of aryl methyl sites for hydroxylation is 1. The Balaban J connectivity index is 1.66. The van der Waals surface area contributed by atoms with Crippen LogP contribution >= 0.6 is 0 Å². The fraction of sp³-hybridized carbons (Fsp3) is 0.250. The van der Waals surface area contributed by atoms with Crippen molar-refractivity contribution in [3.63, 3.8) is 0 Å². The molecule has 0 atom stereocenters. The summed E-state index contributed by atoms with van der Waals surface area (Å²) in [5, 5.41) is 2.56. The third-order valence-corrected chi connectivity index (χ3v) is 4.14. The number of carbonyl (C=O) groups excluding carboxylic acids is 3. The summed E-state index contributed by atoms with van der Waals surface area (Å²) in [5.74, 6) is -0.102. The minimum absolute atomic E-state index is 0.0434. The van der Waals surface area contributed by atoms with Gasteiger partial charge in [0, 0.05) is 11.6 Å². The van der Waals surface area contributed by atoms with Crippen molar-refractivity contribution in [1.82, 2.24) is 0 Å². The Labute approximate surface area is 161 Å². The second-order valence-corrected chi connectivity index (χ2v) is 6.12. The van der Waals surface area contributed by atoms with Crippen molar-refractivity contribution >= 4 is 23.3 Å². The molecule has 0 unspecified atom stereocenters. The Bertz CT molecular complexity index is 952. The van der Waals surface area contributed by atoms with Crippen LogP contribution in [0.3, 0.4) is 0 Å². The molecule has 0 aromatic heterocycles. The molecule has 0 spiro atoms. The lowest BCUT2D eigenvalue weighted by molar-refractivity contribution is -0.119. The number of rotatable bonds is 6. The molecule has 28 heavy (non-hydrogen) atoms. The highest BCUT2D eigenvalue weighted by atomic mass is 16.7. The first-order valence-corrected chi connectivity index (χ1v) is 8.45. The van der Waals surface area contributed by atoms with Crippen molar-refractivity contribution in [1.29, 1.82) is 0 Å². The van der Waals surface area contributed by atoms with E-state index in [-0.39, 0.29) is 29.4 Å². The van der Waals surface area contributed by atoms with Crippen LogP contribution in [0.15, 0.2) is 30.3 Å². The van der Waals surface area contributed by atoms with Crippen LogP contribution in [0.5, 0.6) is 17.2 Å². The van der Waals surface area contributed by atoms with Crippen LogP contribution in [0.4, 0.5) is 5.69 Å². The molecule has 146 valence electrons. The molecule has 0 bridgehead atoms. The molecule has 2 aromatic carbocycles. The number of methoxy groups -OCH3 is 1. The van der Waals surface area contributed by atoms with Crippen molar-refractivity contribution in [3.05, 3.63) is 47.0 Å². The molecule has 0 fully saturated rings. The SMILES string of the molecule is COc1cc(C(=O)OCC(=O)Nc2cc3c(cc2C(C)=O)OCO3)ccc1C. The van der Waals surface area contributed by atoms with Crippen molar-refractivity contribution in [3.8, 4) is 17.2 Å². The number of Topliss-reactive ketones (excluding diaryl/α,β-unsaturated/α-hetero) is 1. The predicted molar refractivity (Wildman–Crippen MR) is 99.2 cm³/mol. The Morgan fingerprint density at radius 1 is 1.11 bits per heavy atom. The summed E-state index contributed by atoms with van der Waals surface area (Å²) in [4.78, 5) is 36.2. The number of ketones is 1. The third-order valence-electron chi connectivity index (χ3n) is 4.14. The van der Waals surface area contributed by atoms with E-state index in [0.717, 1.165) is 5.56 Å². The average Bonchev–Trinajstić information content (AvgIpc) is 3.13. The largest absolute Gasteiger partial charge is 0.496 e. The van der Waals surface area contributed by atoms with E-state index >= 15 is 0 Å². The number of fused-ring (bicyclic) bond motifs is 1. The van der Waals surface area contributed by atoms with E-state index in [4.69, 9.17) is 18.9 Å². The number of benzene rings is 2. The number of hydrogen-bond acceptors (Lipinski definition) is 7. The molecule has 1 aliphatic heterocycles. The normalized spacial score (nSPS) is 11.7. The zero-order chi connectivity index (χ0) is 20.3. The van der Waals surface area contributed by atoms with E-state index in [9.17, 15) is 14.4 Å². The van der Waals surface area contributed by atoms with Crippen LogP contribution in [0, 0.1) is 6.92 Å². The monoisotopic (exact) mass is 385 g/mol. The van der Waals surface area contributed by atoms with Gasteiger partial charge in [-0.15, -0.1) is 0 Å². The molecule has 8 nitrogen and oxygen atoms in total. The zero-order valence-corrected chi connectivity index (χ0v) is 15.7. The molecule has 2 aromatic rings. The summed E-state index contributed by atoms with van der Waals surface area (Å²) in [6.45, 7) is 2.75. The molecule has 1 amide bonds. The summed E-state index contributed by atoms with van der Waals surface area (Å²) in [6, 6.07) is 7.86. The van der Waals surface area contributed by atoms with Gasteiger partial charge in [0.1, 0.15) is 5.75 Å². The van der Waals surface area contributed by atoms with Gasteiger partial charge >= 0.3 is 5.97 Å². The van der Waals surface area contributed by atoms with Crippen molar-refractivity contribution in [2.45, 2.75) is 13.8 Å². The maximum atomic E-state index is 12.2. The number of anilines is 1. The fourth-order valence-electron chi connectivity index (χ4n) is 2.68. The zero-order valence-electron chi connectivity index (χ0n) is 15.7. The van der Waals surface area contributed by atoms with Crippen LogP contribution in [0.25, 0.3) is 0 Å². The van der Waals surface area contributed by atoms with Gasteiger partial charge in [-0.3, -0.25) is 9.59 Å². The number of hydrogen-bond donors (Lipinski definition) is 1. The summed E-state index contributed by atoms with van der Waals surface area (Å²) in [7, 11) is 1.50. The highest BCUT2D eigenvalue weighted by Crippen LogP contribution is 2.37. The lowest BCUT2D eigenvalue weighted by atomic mass is 10.1. The van der Waals surface area contributed by atoms with Gasteiger partial charge in [0.2, 0.25) is 6.79 Å². The molecule has 0 aliphatic carbocycles. The Morgan fingerprint density at radius 3 is 2.50 bits per heavy atom. The predicted octanol–water partition coefficient (Wildman–Crippen LogP) is 2.73. The van der Waals surface area contributed by atoms with E-state index in [1.54, 1.807) is 18.2 Å². The van der Waals surface area contributed by atoms with E-state index in [1.807, 2.05) is 6.92 Å². The molecule has 0 saturated carbocycles. The van der Waals surface area contributed by atoms with Crippen molar-refractivity contribution < 1.29 is 33.3 Å². The van der Waals surface area contributed by atoms with E-state index in [2.05, 4.69) is 5.32 Å². The maximum Gasteiger partial charge on any atom is 0.338 e. The van der Waals surface area contributed by atoms with E-state index < -0.39 is 18.5 Å². The molecular weight excluding hydrogens is 366 g/mol. The van der Waals surface area contributed by atoms with Crippen LogP contribution < -0.4 is 19.5 Å². The lowest BCUT2D eigenvalue weighted by Gasteiger charge is -2.11. The first-order chi connectivity index (χ1) is 13.4. The second kappa shape index (κ2) is 7.99. The number of amides is 1. The molecule has 8 heteroatoms. The fourth-order valence-corrected chi connectivity index (χ4v) is 2.68. The number of ether oxygens (including phenoxy) is 4. The molecule has 1 heterocycles. The van der Waals surface area contributed by atoms with Gasteiger partial charge < -0.3 is 24.3 Å². The van der Waals surface area contributed by atoms with Gasteiger partial charge in [-0.25, -0.2) is 4.79 Å². The first-order valence-electron chi connectivity index (χ1n) is 8.45. The number of esters is 1.